The van der Waals surface area contributed by atoms with E-state index in [-0.39, 0.29) is 6.04 Å². The normalized spacial score (nSPS) is 24.9. The highest BCUT2D eigenvalue weighted by atomic mass is 16.2. The van der Waals surface area contributed by atoms with Gasteiger partial charge in [0.05, 0.1) is 6.04 Å². The maximum atomic E-state index is 12.7. The number of amides is 1. The minimum absolute atomic E-state index is 0.106. The molecule has 0 spiro atoms. The van der Waals surface area contributed by atoms with Crippen LogP contribution in [0.25, 0.3) is 0 Å². The third-order valence-corrected chi connectivity index (χ3v) is 4.31. The van der Waals surface area contributed by atoms with Crippen molar-refractivity contribution in [3.05, 3.63) is 35.9 Å². The van der Waals surface area contributed by atoms with E-state index in [2.05, 4.69) is 22.3 Å². The molecule has 20 heavy (non-hydrogen) atoms. The molecule has 2 saturated heterocycles. The van der Waals surface area contributed by atoms with Gasteiger partial charge in [0.15, 0.2) is 0 Å². The fraction of sp³-hybridized carbons (Fsp3) is 0.562. The zero-order valence-corrected chi connectivity index (χ0v) is 11.9. The van der Waals surface area contributed by atoms with E-state index in [9.17, 15) is 4.79 Å². The Bertz CT molecular complexity index is 442. The van der Waals surface area contributed by atoms with Crippen LogP contribution < -0.4 is 5.32 Å². The molecule has 2 aliphatic rings. The molecule has 2 heterocycles. The number of hydrogen-bond acceptors (Lipinski definition) is 3. The molecule has 2 fully saturated rings. The third-order valence-electron chi connectivity index (χ3n) is 4.31. The second kappa shape index (κ2) is 6.37. The Hall–Kier alpha value is -1.39. The highest BCUT2D eigenvalue weighted by molar-refractivity contribution is 5.82. The molecule has 0 bridgehead atoms. The maximum absolute atomic E-state index is 12.7. The largest absolute Gasteiger partial charge is 0.337 e. The van der Waals surface area contributed by atoms with Crippen molar-refractivity contribution in [1.82, 2.24) is 15.1 Å². The van der Waals surface area contributed by atoms with Crippen molar-refractivity contribution in [3.63, 3.8) is 0 Å². The predicted molar refractivity (Wildman–Crippen MR) is 79.3 cm³/mol. The Morgan fingerprint density at radius 3 is 2.60 bits per heavy atom. The molecule has 1 amide bonds. The minimum atomic E-state index is 0.106. The van der Waals surface area contributed by atoms with Gasteiger partial charge in [-0.15, -0.1) is 0 Å². The van der Waals surface area contributed by atoms with Crippen molar-refractivity contribution in [2.45, 2.75) is 25.4 Å². The first kappa shape index (κ1) is 13.6. The van der Waals surface area contributed by atoms with Crippen molar-refractivity contribution in [1.29, 1.82) is 0 Å². The molecule has 0 unspecified atom stereocenters. The first-order valence-corrected chi connectivity index (χ1v) is 7.62. The molecule has 1 atom stereocenters. The molecule has 0 aromatic heterocycles. The summed E-state index contributed by atoms with van der Waals surface area (Å²) in [7, 11) is 0. The summed E-state index contributed by atoms with van der Waals surface area (Å²) in [5.41, 5.74) is 1.22. The summed E-state index contributed by atoms with van der Waals surface area (Å²) in [6.45, 7) is 5.65. The van der Waals surface area contributed by atoms with Crippen molar-refractivity contribution in [3.8, 4) is 0 Å². The Kier molecular flexibility index (Phi) is 4.33. The van der Waals surface area contributed by atoms with Crippen LogP contribution in [-0.2, 0) is 11.3 Å². The molecule has 1 aromatic rings. The zero-order chi connectivity index (χ0) is 13.8. The first-order chi connectivity index (χ1) is 9.84. The molecular formula is C16H23N3O. The fourth-order valence-corrected chi connectivity index (χ4v) is 3.21. The second-order valence-electron chi connectivity index (χ2n) is 5.69. The van der Waals surface area contributed by atoms with Gasteiger partial charge in [-0.2, -0.15) is 0 Å². The lowest BCUT2D eigenvalue weighted by Crippen LogP contribution is -2.56. The lowest BCUT2D eigenvalue weighted by molar-refractivity contribution is -0.141. The van der Waals surface area contributed by atoms with Crippen LogP contribution >= 0.6 is 0 Å². The molecule has 0 saturated carbocycles. The topological polar surface area (TPSA) is 35.6 Å². The minimum Gasteiger partial charge on any atom is -0.337 e. The van der Waals surface area contributed by atoms with E-state index < -0.39 is 0 Å². The van der Waals surface area contributed by atoms with Gasteiger partial charge in [-0.1, -0.05) is 30.3 Å². The van der Waals surface area contributed by atoms with E-state index in [0.717, 1.165) is 52.1 Å². The van der Waals surface area contributed by atoms with E-state index in [1.165, 1.54) is 5.56 Å². The number of rotatable bonds is 3. The predicted octanol–water partition coefficient (Wildman–Crippen LogP) is 1.08. The van der Waals surface area contributed by atoms with Gasteiger partial charge in [0.2, 0.25) is 5.91 Å². The summed E-state index contributed by atoms with van der Waals surface area (Å²) < 4.78 is 0. The molecule has 4 heteroatoms. The summed E-state index contributed by atoms with van der Waals surface area (Å²) in [4.78, 5) is 17.1. The highest BCUT2D eigenvalue weighted by Gasteiger charge is 2.33. The molecule has 3 rings (SSSR count). The van der Waals surface area contributed by atoms with E-state index in [0.29, 0.717) is 5.91 Å². The van der Waals surface area contributed by atoms with Crippen LogP contribution in [0.3, 0.4) is 0 Å². The van der Waals surface area contributed by atoms with Gasteiger partial charge in [0.25, 0.3) is 0 Å². The van der Waals surface area contributed by atoms with Gasteiger partial charge in [-0.3, -0.25) is 9.69 Å². The summed E-state index contributed by atoms with van der Waals surface area (Å²) in [6.07, 6.45) is 2.14. The van der Waals surface area contributed by atoms with Gasteiger partial charge < -0.3 is 10.2 Å². The van der Waals surface area contributed by atoms with Gasteiger partial charge in [0, 0.05) is 39.3 Å². The second-order valence-corrected chi connectivity index (χ2v) is 5.69. The smallest absolute Gasteiger partial charge is 0.240 e. The third kappa shape index (κ3) is 3.02. The number of piperidine rings is 1. The summed E-state index contributed by atoms with van der Waals surface area (Å²) >= 11 is 0. The fourth-order valence-electron chi connectivity index (χ4n) is 3.21. The van der Waals surface area contributed by atoms with Crippen LogP contribution in [0, 0.1) is 0 Å². The molecule has 1 N–H and O–H groups in total. The van der Waals surface area contributed by atoms with Crippen molar-refractivity contribution >= 4 is 5.91 Å². The lowest BCUT2D eigenvalue weighted by atomic mass is 10.0. The number of hydrogen-bond donors (Lipinski definition) is 1. The highest BCUT2D eigenvalue weighted by Crippen LogP contribution is 2.19. The number of carbonyl (C=O) groups excluding carboxylic acids is 1. The number of nitrogens with zero attached hydrogens (tertiary/aromatic N) is 2. The van der Waals surface area contributed by atoms with Crippen LogP contribution in [0.5, 0.6) is 0 Å². The Morgan fingerprint density at radius 1 is 1.10 bits per heavy atom. The van der Waals surface area contributed by atoms with E-state index in [4.69, 9.17) is 0 Å². The number of benzene rings is 1. The monoisotopic (exact) mass is 273 g/mol. The van der Waals surface area contributed by atoms with Gasteiger partial charge in [0.1, 0.15) is 0 Å². The number of carbonyl (C=O) groups is 1. The van der Waals surface area contributed by atoms with Crippen molar-refractivity contribution in [2.75, 3.05) is 32.7 Å². The lowest BCUT2D eigenvalue weighted by Gasteiger charge is -2.40. The van der Waals surface area contributed by atoms with Crippen LogP contribution in [-0.4, -0.2) is 54.5 Å². The van der Waals surface area contributed by atoms with Crippen LogP contribution in [0.4, 0.5) is 0 Å². The van der Waals surface area contributed by atoms with Crippen LogP contribution in [0.15, 0.2) is 30.3 Å². The number of nitrogens with one attached hydrogen (secondary N) is 1. The standard InChI is InChI=1S/C16H23N3O/c20-16-15(18-11-8-17-9-12-18)7-4-10-19(16)13-14-5-2-1-3-6-14/h1-3,5-6,15,17H,4,7-13H2/t15-/m0/s1. The van der Waals surface area contributed by atoms with Gasteiger partial charge in [-0.25, -0.2) is 0 Å². The van der Waals surface area contributed by atoms with E-state index >= 15 is 0 Å². The van der Waals surface area contributed by atoms with E-state index in [1.54, 1.807) is 0 Å². The molecule has 0 aliphatic carbocycles. The summed E-state index contributed by atoms with van der Waals surface area (Å²) in [5, 5.41) is 3.35. The zero-order valence-electron chi connectivity index (χ0n) is 11.9. The molecule has 1 aromatic carbocycles. The molecule has 108 valence electrons. The molecule has 0 radical (unpaired) electrons. The Morgan fingerprint density at radius 2 is 1.85 bits per heavy atom. The maximum Gasteiger partial charge on any atom is 0.240 e. The van der Waals surface area contributed by atoms with Crippen molar-refractivity contribution in [2.24, 2.45) is 0 Å². The van der Waals surface area contributed by atoms with Crippen LogP contribution in [0.1, 0.15) is 18.4 Å². The SMILES string of the molecule is O=C1[C@@H](N2CCNCC2)CCCN1Cc1ccccc1. The number of piperazine rings is 1. The Balaban J connectivity index is 1.65. The molecular weight excluding hydrogens is 250 g/mol. The van der Waals surface area contributed by atoms with Crippen LogP contribution in [0.2, 0.25) is 0 Å². The van der Waals surface area contributed by atoms with Gasteiger partial charge in [-0.05, 0) is 18.4 Å². The average molecular weight is 273 g/mol. The quantitative estimate of drug-likeness (QED) is 0.895. The molecule has 4 nitrogen and oxygen atoms in total. The van der Waals surface area contributed by atoms with E-state index in [1.807, 2.05) is 23.1 Å². The number of likely N-dealkylation sites (tertiary alicyclic amines) is 1. The van der Waals surface area contributed by atoms with Crippen molar-refractivity contribution < 1.29 is 4.79 Å². The van der Waals surface area contributed by atoms with Gasteiger partial charge >= 0.3 is 0 Å². The summed E-state index contributed by atoms with van der Waals surface area (Å²) in [6, 6.07) is 10.4. The summed E-state index contributed by atoms with van der Waals surface area (Å²) in [5.74, 6) is 0.321. The molecule has 2 aliphatic heterocycles. The first-order valence-electron chi connectivity index (χ1n) is 7.62. The average Bonchev–Trinajstić information content (AvgIpc) is 2.51. The Labute approximate surface area is 120 Å².